The summed E-state index contributed by atoms with van der Waals surface area (Å²) in [5.74, 6) is 0.887. The zero-order valence-electron chi connectivity index (χ0n) is 6.28. The summed E-state index contributed by atoms with van der Waals surface area (Å²) in [6, 6.07) is 0. The second-order valence-corrected chi connectivity index (χ2v) is 2.48. The van der Waals surface area contributed by atoms with Crippen LogP contribution in [-0.2, 0) is 0 Å². The minimum atomic E-state index is 0.887. The van der Waals surface area contributed by atoms with Crippen molar-refractivity contribution >= 4 is 18.6 Å². The monoisotopic (exact) mass is 146 g/mol. The van der Waals surface area contributed by atoms with Crippen LogP contribution in [-0.4, -0.2) is 21.3 Å². The van der Waals surface area contributed by atoms with Gasteiger partial charge in [0.1, 0.15) is 0 Å². The standard InChI is InChI=1S/C8H8N3/c1-6-7-3-4-11(2)8(7)10-5-9-6/h3-5H,2H2,1H3/q+1. The van der Waals surface area contributed by atoms with Crippen LogP contribution in [0.5, 0.6) is 0 Å². The van der Waals surface area contributed by atoms with Gasteiger partial charge >= 0.3 is 5.82 Å². The van der Waals surface area contributed by atoms with Crippen LogP contribution >= 0.6 is 0 Å². The van der Waals surface area contributed by atoms with Crippen molar-refractivity contribution in [3.63, 3.8) is 0 Å². The van der Waals surface area contributed by atoms with Crippen molar-refractivity contribution in [1.29, 1.82) is 0 Å². The maximum atomic E-state index is 4.09. The van der Waals surface area contributed by atoms with Crippen LogP contribution in [0.1, 0.15) is 11.3 Å². The van der Waals surface area contributed by atoms with E-state index in [9.17, 15) is 0 Å². The molecule has 0 radical (unpaired) electrons. The van der Waals surface area contributed by atoms with Crippen LogP contribution in [0.25, 0.3) is 6.08 Å². The van der Waals surface area contributed by atoms with E-state index in [2.05, 4.69) is 16.7 Å². The Morgan fingerprint density at radius 1 is 1.45 bits per heavy atom. The lowest BCUT2D eigenvalue weighted by Gasteiger charge is -1.92. The highest BCUT2D eigenvalue weighted by Gasteiger charge is 2.19. The predicted molar refractivity (Wildman–Crippen MR) is 42.8 cm³/mol. The molecule has 2 rings (SSSR count). The molecular formula is C8H8N3+. The van der Waals surface area contributed by atoms with E-state index in [0.717, 1.165) is 17.1 Å². The molecule has 1 aliphatic rings. The fourth-order valence-electron chi connectivity index (χ4n) is 1.13. The van der Waals surface area contributed by atoms with Gasteiger partial charge in [-0.3, -0.25) is 0 Å². The molecule has 0 unspecified atom stereocenters. The zero-order valence-corrected chi connectivity index (χ0v) is 6.28. The van der Waals surface area contributed by atoms with Gasteiger partial charge < -0.3 is 0 Å². The van der Waals surface area contributed by atoms with Gasteiger partial charge in [0.05, 0.1) is 24.2 Å². The second kappa shape index (κ2) is 1.99. The van der Waals surface area contributed by atoms with Crippen molar-refractivity contribution < 1.29 is 4.58 Å². The molecular weight excluding hydrogens is 138 g/mol. The normalized spacial score (nSPS) is 13.7. The molecule has 0 aromatic carbocycles. The number of hydrogen-bond donors (Lipinski definition) is 0. The Labute approximate surface area is 64.7 Å². The lowest BCUT2D eigenvalue weighted by Crippen LogP contribution is -1.94. The second-order valence-electron chi connectivity index (χ2n) is 2.48. The Balaban J connectivity index is 2.74. The number of aryl methyl sites for hydroxylation is 1. The van der Waals surface area contributed by atoms with Gasteiger partial charge in [0.15, 0.2) is 0 Å². The average Bonchev–Trinajstić information content (AvgIpc) is 2.35. The largest absolute Gasteiger partial charge is 0.338 e. The molecule has 0 amide bonds. The van der Waals surface area contributed by atoms with E-state index in [-0.39, 0.29) is 0 Å². The number of rotatable bonds is 0. The van der Waals surface area contributed by atoms with Crippen LogP contribution in [0, 0.1) is 6.92 Å². The summed E-state index contributed by atoms with van der Waals surface area (Å²) >= 11 is 0. The van der Waals surface area contributed by atoms with Crippen molar-refractivity contribution in [2.24, 2.45) is 0 Å². The van der Waals surface area contributed by atoms with E-state index in [1.165, 1.54) is 0 Å². The Hall–Kier alpha value is -1.51. The van der Waals surface area contributed by atoms with E-state index in [1.807, 2.05) is 19.2 Å². The SMILES string of the molecule is C=[N+]1C=Cc2c(C)ncnc21. The Kier molecular flexibility index (Phi) is 1.12. The van der Waals surface area contributed by atoms with E-state index in [0.29, 0.717) is 0 Å². The first-order valence-corrected chi connectivity index (χ1v) is 3.38. The zero-order chi connectivity index (χ0) is 7.84. The number of hydrogen-bond acceptors (Lipinski definition) is 2. The summed E-state index contributed by atoms with van der Waals surface area (Å²) in [6.07, 6.45) is 5.41. The number of fused-ring (bicyclic) bond motifs is 1. The highest BCUT2D eigenvalue weighted by molar-refractivity contribution is 5.63. The molecule has 0 spiro atoms. The summed E-state index contributed by atoms with van der Waals surface area (Å²) in [6.45, 7) is 5.74. The highest BCUT2D eigenvalue weighted by Crippen LogP contribution is 2.24. The van der Waals surface area contributed by atoms with Crippen LogP contribution in [0.4, 0.5) is 5.82 Å². The fraction of sp³-hybridized carbons (Fsp3) is 0.125. The summed E-state index contributed by atoms with van der Waals surface area (Å²) in [4.78, 5) is 8.16. The molecule has 0 aliphatic carbocycles. The van der Waals surface area contributed by atoms with Gasteiger partial charge in [-0.1, -0.05) is 0 Å². The summed E-state index contributed by atoms with van der Waals surface area (Å²) in [7, 11) is 0. The van der Waals surface area contributed by atoms with Gasteiger partial charge in [0, 0.05) is 0 Å². The molecule has 3 heteroatoms. The fourth-order valence-corrected chi connectivity index (χ4v) is 1.13. The Bertz CT molecular complexity index is 352. The topological polar surface area (TPSA) is 28.8 Å². The predicted octanol–water partition coefficient (Wildman–Crippen LogP) is 1.11. The molecule has 2 heterocycles. The first kappa shape index (κ1) is 6.22. The molecule has 11 heavy (non-hydrogen) atoms. The Morgan fingerprint density at radius 2 is 2.27 bits per heavy atom. The smallest absolute Gasteiger partial charge is 0.217 e. The number of nitrogens with zero attached hydrogens (tertiary/aromatic N) is 3. The van der Waals surface area contributed by atoms with Gasteiger partial charge in [-0.15, -0.1) is 0 Å². The molecule has 0 saturated carbocycles. The van der Waals surface area contributed by atoms with Gasteiger partial charge in [-0.25, -0.2) is 9.56 Å². The quantitative estimate of drug-likeness (QED) is 0.513. The highest BCUT2D eigenvalue weighted by atomic mass is 15.1. The molecule has 0 fully saturated rings. The van der Waals surface area contributed by atoms with Crippen molar-refractivity contribution in [3.8, 4) is 0 Å². The van der Waals surface area contributed by atoms with Crippen LogP contribution in [0.2, 0.25) is 0 Å². The van der Waals surface area contributed by atoms with Gasteiger partial charge in [-0.2, -0.15) is 0 Å². The van der Waals surface area contributed by atoms with Crippen molar-refractivity contribution in [3.05, 3.63) is 23.8 Å². The summed E-state index contributed by atoms with van der Waals surface area (Å²) < 4.78 is 1.74. The van der Waals surface area contributed by atoms with E-state index >= 15 is 0 Å². The molecule has 1 aromatic heterocycles. The van der Waals surface area contributed by atoms with Crippen LogP contribution in [0.3, 0.4) is 0 Å². The molecule has 54 valence electrons. The lowest BCUT2D eigenvalue weighted by atomic mass is 10.2. The average molecular weight is 146 g/mol. The molecule has 0 N–H and O–H groups in total. The molecule has 3 nitrogen and oxygen atoms in total. The first-order valence-electron chi connectivity index (χ1n) is 3.38. The van der Waals surface area contributed by atoms with Crippen molar-refractivity contribution in [1.82, 2.24) is 9.97 Å². The summed E-state index contributed by atoms with van der Waals surface area (Å²) in [5.41, 5.74) is 2.07. The molecule has 1 aliphatic heterocycles. The minimum Gasteiger partial charge on any atom is -0.217 e. The third-order valence-electron chi connectivity index (χ3n) is 1.76. The molecule has 0 bridgehead atoms. The van der Waals surface area contributed by atoms with Crippen LogP contribution in [0.15, 0.2) is 12.5 Å². The minimum absolute atomic E-state index is 0.887. The molecule has 0 saturated heterocycles. The van der Waals surface area contributed by atoms with Crippen molar-refractivity contribution in [2.75, 3.05) is 0 Å². The lowest BCUT2D eigenvalue weighted by molar-refractivity contribution is -0.349. The van der Waals surface area contributed by atoms with E-state index in [4.69, 9.17) is 0 Å². The maximum Gasteiger partial charge on any atom is 0.338 e. The molecule has 1 aromatic rings. The summed E-state index contributed by atoms with van der Waals surface area (Å²) in [5, 5.41) is 0. The maximum absolute atomic E-state index is 4.09. The van der Waals surface area contributed by atoms with E-state index in [1.54, 1.807) is 10.9 Å². The van der Waals surface area contributed by atoms with Crippen LogP contribution < -0.4 is 0 Å². The van der Waals surface area contributed by atoms with E-state index < -0.39 is 0 Å². The number of aromatic nitrogens is 2. The van der Waals surface area contributed by atoms with Gasteiger partial charge in [-0.05, 0) is 18.0 Å². The van der Waals surface area contributed by atoms with Gasteiger partial charge in [0.25, 0.3) is 0 Å². The first-order chi connectivity index (χ1) is 5.29. The Morgan fingerprint density at radius 3 is 3.00 bits per heavy atom. The third-order valence-corrected chi connectivity index (χ3v) is 1.76. The van der Waals surface area contributed by atoms with Crippen molar-refractivity contribution in [2.45, 2.75) is 6.92 Å². The van der Waals surface area contributed by atoms with Gasteiger partial charge in [0.2, 0.25) is 6.33 Å². The third kappa shape index (κ3) is 0.774. The molecule has 0 atom stereocenters.